The first-order valence-corrected chi connectivity index (χ1v) is 14.8. The van der Waals surface area contributed by atoms with Crippen molar-refractivity contribution >= 4 is 39.1 Å². The van der Waals surface area contributed by atoms with E-state index in [4.69, 9.17) is 11.6 Å². The van der Waals surface area contributed by atoms with Gasteiger partial charge in [0.25, 0.3) is 0 Å². The maximum atomic E-state index is 14.6. The average molecular weight is 574 g/mol. The number of hydrogen-bond acceptors (Lipinski definition) is 4. The molecule has 0 aromatic heterocycles. The Morgan fingerprint density at radius 2 is 1.67 bits per heavy atom. The molecule has 10 heteroatoms. The lowest BCUT2D eigenvalue weighted by atomic mass is 10.0. The second kappa shape index (κ2) is 13.6. The molecule has 1 N–H and O–H groups in total. The molecule has 0 aliphatic carbocycles. The molecule has 0 heterocycles. The number of carbonyl (C=O) groups is 2. The molecular weight excluding hydrogens is 541 g/mol. The fraction of sp³-hybridized carbons (Fsp3) is 0.310. The maximum Gasteiger partial charge on any atom is 0.242 e. The summed E-state index contributed by atoms with van der Waals surface area (Å²) < 4.78 is 41.1. The summed E-state index contributed by atoms with van der Waals surface area (Å²) in [4.78, 5) is 28.0. The summed E-state index contributed by atoms with van der Waals surface area (Å²) >= 11 is 6.22. The molecule has 0 saturated heterocycles. The largest absolute Gasteiger partial charge is 0.357 e. The SMILES string of the molecule is CNC(=O)C(Cc1ccccc1)N(Cc1ccccc1F)C(=O)CCCN(c1cccc(Cl)c1C)S(C)(=O)=O. The molecule has 0 saturated carbocycles. The van der Waals surface area contributed by atoms with Crippen LogP contribution in [0.25, 0.3) is 0 Å². The lowest BCUT2D eigenvalue weighted by Gasteiger charge is -2.32. The minimum absolute atomic E-state index is 0.0304. The summed E-state index contributed by atoms with van der Waals surface area (Å²) in [6.45, 7) is 1.65. The van der Waals surface area contributed by atoms with Crippen LogP contribution >= 0.6 is 11.6 Å². The fourth-order valence-corrected chi connectivity index (χ4v) is 5.56. The van der Waals surface area contributed by atoms with Crippen molar-refractivity contribution in [3.8, 4) is 0 Å². The van der Waals surface area contributed by atoms with Crippen LogP contribution in [0.2, 0.25) is 5.02 Å². The zero-order chi connectivity index (χ0) is 28.6. The van der Waals surface area contributed by atoms with E-state index in [2.05, 4.69) is 5.32 Å². The van der Waals surface area contributed by atoms with E-state index in [0.717, 1.165) is 11.8 Å². The van der Waals surface area contributed by atoms with E-state index in [-0.39, 0.29) is 49.7 Å². The number of carbonyl (C=O) groups excluding carboxylic acids is 2. The number of anilines is 1. The summed E-state index contributed by atoms with van der Waals surface area (Å²) in [7, 11) is -2.18. The van der Waals surface area contributed by atoms with Gasteiger partial charge in [0.1, 0.15) is 11.9 Å². The van der Waals surface area contributed by atoms with Gasteiger partial charge in [-0.05, 0) is 42.7 Å². The Balaban J connectivity index is 1.87. The van der Waals surface area contributed by atoms with Crippen molar-refractivity contribution in [2.24, 2.45) is 0 Å². The van der Waals surface area contributed by atoms with Crippen LogP contribution in [0.5, 0.6) is 0 Å². The van der Waals surface area contributed by atoms with Crippen molar-refractivity contribution in [2.45, 2.75) is 38.8 Å². The number of rotatable bonds is 12. The van der Waals surface area contributed by atoms with Gasteiger partial charge in [0.2, 0.25) is 21.8 Å². The summed E-state index contributed by atoms with van der Waals surface area (Å²) in [5.41, 5.74) is 2.17. The average Bonchev–Trinajstić information content (AvgIpc) is 2.91. The number of sulfonamides is 1. The highest BCUT2D eigenvalue weighted by Gasteiger charge is 2.30. The van der Waals surface area contributed by atoms with Crippen molar-refractivity contribution in [1.82, 2.24) is 10.2 Å². The highest BCUT2D eigenvalue weighted by atomic mass is 35.5. The lowest BCUT2D eigenvalue weighted by molar-refractivity contribution is -0.141. The topological polar surface area (TPSA) is 86.8 Å². The molecule has 2 amide bonds. The zero-order valence-electron chi connectivity index (χ0n) is 22.2. The van der Waals surface area contributed by atoms with Gasteiger partial charge < -0.3 is 10.2 Å². The number of hydrogen-bond donors (Lipinski definition) is 1. The van der Waals surface area contributed by atoms with Gasteiger partial charge >= 0.3 is 0 Å². The third kappa shape index (κ3) is 8.03. The molecule has 0 fully saturated rings. The van der Waals surface area contributed by atoms with Gasteiger partial charge in [-0.2, -0.15) is 0 Å². The first kappa shape index (κ1) is 30.1. The van der Waals surface area contributed by atoms with E-state index in [1.54, 1.807) is 43.3 Å². The molecule has 0 aliphatic rings. The standard InChI is InChI=1S/C29H33ClFN3O4S/c1-21-24(30)14-9-16-26(21)34(39(3,37)38)18-10-17-28(35)33(20-23-13-7-8-15-25(23)31)27(29(36)32-2)19-22-11-5-4-6-12-22/h4-9,11-16,27H,10,17-20H2,1-3H3,(H,32,36). The van der Waals surface area contributed by atoms with Crippen LogP contribution < -0.4 is 9.62 Å². The summed E-state index contributed by atoms with van der Waals surface area (Å²) in [5.74, 6) is -1.25. The molecular formula is C29H33ClFN3O4S. The molecule has 0 bridgehead atoms. The predicted octanol–water partition coefficient (Wildman–Crippen LogP) is 4.72. The van der Waals surface area contributed by atoms with Crippen molar-refractivity contribution in [3.05, 3.63) is 100 Å². The van der Waals surface area contributed by atoms with E-state index >= 15 is 0 Å². The van der Waals surface area contributed by atoms with Crippen LogP contribution in [0.1, 0.15) is 29.5 Å². The number of benzene rings is 3. The Hall–Kier alpha value is -3.43. The van der Waals surface area contributed by atoms with Crippen LogP contribution in [0.4, 0.5) is 10.1 Å². The Morgan fingerprint density at radius 3 is 2.31 bits per heavy atom. The third-order valence-electron chi connectivity index (χ3n) is 6.48. The molecule has 208 valence electrons. The van der Waals surface area contributed by atoms with E-state index < -0.39 is 21.9 Å². The third-order valence-corrected chi connectivity index (χ3v) is 8.07. The van der Waals surface area contributed by atoms with E-state index in [1.165, 1.54) is 22.3 Å². The molecule has 39 heavy (non-hydrogen) atoms. The zero-order valence-corrected chi connectivity index (χ0v) is 23.8. The predicted molar refractivity (Wildman–Crippen MR) is 153 cm³/mol. The Bertz CT molecular complexity index is 1400. The number of amides is 2. The van der Waals surface area contributed by atoms with Crippen molar-refractivity contribution in [3.63, 3.8) is 0 Å². The number of nitrogens with zero attached hydrogens (tertiary/aromatic N) is 2. The number of nitrogens with one attached hydrogen (secondary N) is 1. The van der Waals surface area contributed by atoms with Crippen LogP contribution in [-0.4, -0.2) is 51.0 Å². The number of likely N-dealkylation sites (N-methyl/N-ethyl adjacent to an activating group) is 1. The van der Waals surface area contributed by atoms with Crippen LogP contribution in [-0.2, 0) is 32.6 Å². The van der Waals surface area contributed by atoms with Crippen molar-refractivity contribution < 1.29 is 22.4 Å². The summed E-state index contributed by atoms with van der Waals surface area (Å²) in [6.07, 6.45) is 1.46. The molecule has 3 rings (SSSR count). The molecule has 0 aliphatic heterocycles. The Kier molecular flexibility index (Phi) is 10.5. The second-order valence-electron chi connectivity index (χ2n) is 9.26. The molecule has 1 unspecified atom stereocenters. The first-order valence-electron chi connectivity index (χ1n) is 12.5. The summed E-state index contributed by atoms with van der Waals surface area (Å²) in [6, 6.07) is 19.5. The van der Waals surface area contributed by atoms with Gasteiger partial charge in [-0.3, -0.25) is 13.9 Å². The minimum atomic E-state index is -3.67. The van der Waals surface area contributed by atoms with E-state index in [1.807, 2.05) is 30.3 Å². The van der Waals surface area contributed by atoms with Gasteiger partial charge in [-0.1, -0.05) is 66.2 Å². The van der Waals surface area contributed by atoms with Crippen LogP contribution in [0.15, 0.2) is 72.8 Å². The molecule has 3 aromatic rings. The van der Waals surface area contributed by atoms with Crippen molar-refractivity contribution in [1.29, 1.82) is 0 Å². The fourth-order valence-electron chi connectivity index (χ4n) is 4.38. The normalized spacial score (nSPS) is 12.0. The van der Waals surface area contributed by atoms with Gasteiger partial charge in [0, 0.05) is 43.6 Å². The molecule has 7 nitrogen and oxygen atoms in total. The lowest BCUT2D eigenvalue weighted by Crippen LogP contribution is -2.50. The number of halogens is 2. The Morgan fingerprint density at radius 1 is 1.00 bits per heavy atom. The van der Waals surface area contributed by atoms with Crippen LogP contribution in [0, 0.1) is 12.7 Å². The smallest absolute Gasteiger partial charge is 0.242 e. The van der Waals surface area contributed by atoms with Crippen LogP contribution in [0.3, 0.4) is 0 Å². The van der Waals surface area contributed by atoms with Gasteiger partial charge in [-0.15, -0.1) is 0 Å². The molecule has 0 spiro atoms. The van der Waals surface area contributed by atoms with E-state index in [9.17, 15) is 22.4 Å². The highest BCUT2D eigenvalue weighted by molar-refractivity contribution is 7.92. The van der Waals surface area contributed by atoms with Gasteiger partial charge in [0.05, 0.1) is 11.9 Å². The van der Waals surface area contributed by atoms with Gasteiger partial charge in [-0.25, -0.2) is 12.8 Å². The minimum Gasteiger partial charge on any atom is -0.357 e. The first-order chi connectivity index (χ1) is 18.5. The maximum absolute atomic E-state index is 14.6. The molecule has 0 radical (unpaired) electrons. The second-order valence-corrected chi connectivity index (χ2v) is 11.6. The molecule has 3 aromatic carbocycles. The molecule has 1 atom stereocenters. The van der Waals surface area contributed by atoms with Gasteiger partial charge in [0.15, 0.2) is 0 Å². The monoisotopic (exact) mass is 573 g/mol. The summed E-state index contributed by atoms with van der Waals surface area (Å²) in [5, 5.41) is 3.05. The van der Waals surface area contributed by atoms with Crippen molar-refractivity contribution in [2.75, 3.05) is 24.2 Å². The Labute approximate surface area is 234 Å². The quantitative estimate of drug-likeness (QED) is 0.340. The highest BCUT2D eigenvalue weighted by Crippen LogP contribution is 2.28. The van der Waals surface area contributed by atoms with E-state index in [0.29, 0.717) is 16.3 Å².